The Balaban J connectivity index is 2.37. The number of benzene rings is 1. The van der Waals surface area contributed by atoms with Crippen LogP contribution >= 0.6 is 11.6 Å². The number of hydrogen-bond donors (Lipinski definition) is 1. The van der Waals surface area contributed by atoms with Crippen LogP contribution in [0, 0.1) is 6.92 Å². The van der Waals surface area contributed by atoms with E-state index in [-0.39, 0.29) is 11.3 Å². The van der Waals surface area contributed by atoms with Crippen molar-refractivity contribution in [2.24, 2.45) is 0 Å². The molecular weight excluding hydrogens is 238 g/mol. The zero-order valence-corrected chi connectivity index (χ0v) is 11.0. The van der Waals surface area contributed by atoms with Gasteiger partial charge in [-0.2, -0.15) is 0 Å². The quantitative estimate of drug-likeness (QED) is 0.789. The number of hydrogen-bond acceptors (Lipinski definition) is 2. The Morgan fingerprint density at radius 2 is 2.18 bits per heavy atom. The maximum absolute atomic E-state index is 11.7. The Bertz CT molecular complexity index is 368. The maximum Gasteiger partial charge on any atom is 0.224 e. The van der Waals surface area contributed by atoms with Crippen LogP contribution in [0.4, 0.5) is 0 Å². The van der Waals surface area contributed by atoms with Crippen LogP contribution < -0.4 is 5.32 Å². The first-order valence-corrected chi connectivity index (χ1v) is 6.01. The summed E-state index contributed by atoms with van der Waals surface area (Å²) in [5, 5.41) is 2.61. The number of carbonyl (C=O) groups is 1. The third-order valence-corrected chi connectivity index (χ3v) is 2.76. The second-order valence-electron chi connectivity index (χ2n) is 3.96. The van der Waals surface area contributed by atoms with Gasteiger partial charge in [-0.1, -0.05) is 24.3 Å². The van der Waals surface area contributed by atoms with Crippen molar-refractivity contribution >= 4 is 17.5 Å². The molecule has 94 valence electrons. The van der Waals surface area contributed by atoms with Crippen molar-refractivity contribution in [1.82, 2.24) is 5.32 Å². The highest BCUT2D eigenvalue weighted by atomic mass is 35.5. The van der Waals surface area contributed by atoms with E-state index in [2.05, 4.69) is 5.32 Å². The summed E-state index contributed by atoms with van der Waals surface area (Å²) in [6.45, 7) is 2.87. The van der Waals surface area contributed by atoms with E-state index in [0.29, 0.717) is 19.6 Å². The minimum Gasteiger partial charge on any atom is -0.383 e. The van der Waals surface area contributed by atoms with Gasteiger partial charge in [-0.25, -0.2) is 0 Å². The molecule has 1 unspecified atom stereocenters. The SMILES string of the molecule is COCC(Cl)CNC(=O)Cc1ccccc1C. The van der Waals surface area contributed by atoms with E-state index in [1.807, 2.05) is 31.2 Å². The fraction of sp³-hybridized carbons (Fsp3) is 0.462. The first-order chi connectivity index (χ1) is 8.13. The van der Waals surface area contributed by atoms with E-state index in [4.69, 9.17) is 16.3 Å². The molecule has 0 saturated carbocycles. The van der Waals surface area contributed by atoms with E-state index < -0.39 is 0 Å². The van der Waals surface area contributed by atoms with Crippen molar-refractivity contribution < 1.29 is 9.53 Å². The van der Waals surface area contributed by atoms with Crippen LogP contribution in [0.1, 0.15) is 11.1 Å². The zero-order chi connectivity index (χ0) is 12.7. The molecule has 0 aromatic heterocycles. The molecule has 1 rings (SSSR count). The van der Waals surface area contributed by atoms with E-state index in [1.165, 1.54) is 0 Å². The molecule has 1 N–H and O–H groups in total. The molecule has 0 aliphatic rings. The second kappa shape index (κ2) is 7.30. The van der Waals surface area contributed by atoms with Crippen LogP contribution in [-0.4, -0.2) is 31.5 Å². The Morgan fingerprint density at radius 3 is 2.82 bits per heavy atom. The molecule has 0 aliphatic carbocycles. The summed E-state index contributed by atoms with van der Waals surface area (Å²) in [6.07, 6.45) is 0.392. The number of methoxy groups -OCH3 is 1. The summed E-state index contributed by atoms with van der Waals surface area (Å²) in [4.78, 5) is 11.7. The van der Waals surface area contributed by atoms with Crippen LogP contribution in [-0.2, 0) is 16.0 Å². The molecule has 0 heterocycles. The van der Waals surface area contributed by atoms with Crippen molar-refractivity contribution in [1.29, 1.82) is 0 Å². The van der Waals surface area contributed by atoms with Crippen LogP contribution in [0.5, 0.6) is 0 Å². The summed E-state index contributed by atoms with van der Waals surface area (Å²) in [5.74, 6) is -0.0129. The molecule has 17 heavy (non-hydrogen) atoms. The van der Waals surface area contributed by atoms with Crippen molar-refractivity contribution in [3.63, 3.8) is 0 Å². The lowest BCUT2D eigenvalue weighted by Gasteiger charge is -2.10. The van der Waals surface area contributed by atoms with E-state index in [0.717, 1.165) is 11.1 Å². The molecular formula is C13H18ClNO2. The van der Waals surface area contributed by atoms with Gasteiger partial charge in [-0.15, -0.1) is 11.6 Å². The number of carbonyl (C=O) groups excluding carboxylic acids is 1. The predicted octanol–water partition coefficient (Wildman–Crippen LogP) is 1.91. The summed E-state index contributed by atoms with van der Waals surface area (Å²) in [5.41, 5.74) is 2.17. The maximum atomic E-state index is 11.7. The molecule has 1 atom stereocenters. The molecule has 0 spiro atoms. The minimum atomic E-state index is -0.180. The van der Waals surface area contributed by atoms with Gasteiger partial charge >= 0.3 is 0 Å². The van der Waals surface area contributed by atoms with Gasteiger partial charge in [-0.3, -0.25) is 4.79 Å². The summed E-state index contributed by atoms with van der Waals surface area (Å²) >= 11 is 5.92. The Hall–Kier alpha value is -1.06. The van der Waals surface area contributed by atoms with Crippen molar-refractivity contribution in [3.05, 3.63) is 35.4 Å². The molecule has 0 fully saturated rings. The van der Waals surface area contributed by atoms with Crippen LogP contribution in [0.3, 0.4) is 0 Å². The number of aryl methyl sites for hydroxylation is 1. The highest BCUT2D eigenvalue weighted by Gasteiger charge is 2.08. The van der Waals surface area contributed by atoms with Gasteiger partial charge in [0.15, 0.2) is 0 Å². The van der Waals surface area contributed by atoms with Gasteiger partial charge in [0.1, 0.15) is 0 Å². The van der Waals surface area contributed by atoms with Crippen molar-refractivity contribution in [2.45, 2.75) is 18.7 Å². The number of nitrogens with one attached hydrogen (secondary N) is 1. The highest BCUT2D eigenvalue weighted by molar-refractivity contribution is 6.21. The third kappa shape index (κ3) is 5.20. The van der Waals surface area contributed by atoms with Crippen molar-refractivity contribution in [3.8, 4) is 0 Å². The van der Waals surface area contributed by atoms with Gasteiger partial charge in [0.05, 0.1) is 18.4 Å². The number of amides is 1. The molecule has 3 nitrogen and oxygen atoms in total. The first kappa shape index (κ1) is 14.0. The van der Waals surface area contributed by atoms with Gasteiger partial charge in [0.2, 0.25) is 5.91 Å². The van der Waals surface area contributed by atoms with Crippen molar-refractivity contribution in [2.75, 3.05) is 20.3 Å². The minimum absolute atomic E-state index is 0.0129. The first-order valence-electron chi connectivity index (χ1n) is 5.57. The summed E-state index contributed by atoms with van der Waals surface area (Å²) in [7, 11) is 1.59. The van der Waals surface area contributed by atoms with Gasteiger partial charge < -0.3 is 10.1 Å². The summed E-state index contributed by atoms with van der Waals surface area (Å²) in [6, 6.07) is 7.86. The zero-order valence-electron chi connectivity index (χ0n) is 10.2. The average molecular weight is 256 g/mol. The van der Waals surface area contributed by atoms with Crippen LogP contribution in [0.2, 0.25) is 0 Å². The number of halogens is 1. The Kier molecular flexibility index (Phi) is 6.01. The molecule has 1 aromatic carbocycles. The number of alkyl halides is 1. The van der Waals surface area contributed by atoms with Gasteiger partial charge in [0.25, 0.3) is 0 Å². The van der Waals surface area contributed by atoms with E-state index in [1.54, 1.807) is 7.11 Å². The third-order valence-electron chi connectivity index (χ3n) is 2.48. The fourth-order valence-corrected chi connectivity index (χ4v) is 1.71. The molecule has 0 aliphatic heterocycles. The molecule has 4 heteroatoms. The van der Waals surface area contributed by atoms with Crippen LogP contribution in [0.25, 0.3) is 0 Å². The van der Waals surface area contributed by atoms with Gasteiger partial charge in [-0.05, 0) is 18.1 Å². The topological polar surface area (TPSA) is 38.3 Å². The largest absolute Gasteiger partial charge is 0.383 e. The number of ether oxygens (including phenoxy) is 1. The lowest BCUT2D eigenvalue weighted by Crippen LogP contribution is -2.32. The van der Waals surface area contributed by atoms with Crippen LogP contribution in [0.15, 0.2) is 24.3 Å². The predicted molar refractivity (Wildman–Crippen MR) is 69.4 cm³/mol. The number of rotatable bonds is 6. The standard InChI is InChI=1S/C13H18ClNO2/c1-10-5-3-4-6-11(10)7-13(16)15-8-12(14)9-17-2/h3-6,12H,7-9H2,1-2H3,(H,15,16). The Labute approximate surface area is 107 Å². The molecule has 1 aromatic rings. The monoisotopic (exact) mass is 255 g/mol. The fourth-order valence-electron chi connectivity index (χ4n) is 1.51. The molecule has 0 bridgehead atoms. The van der Waals surface area contributed by atoms with Gasteiger partial charge in [0, 0.05) is 13.7 Å². The lowest BCUT2D eigenvalue weighted by atomic mass is 10.1. The molecule has 1 amide bonds. The normalized spacial score (nSPS) is 12.2. The van der Waals surface area contributed by atoms with E-state index >= 15 is 0 Å². The second-order valence-corrected chi connectivity index (χ2v) is 4.58. The lowest BCUT2D eigenvalue weighted by molar-refractivity contribution is -0.120. The summed E-state index contributed by atoms with van der Waals surface area (Å²) < 4.78 is 4.89. The Morgan fingerprint density at radius 1 is 1.47 bits per heavy atom. The molecule has 0 radical (unpaired) electrons. The molecule has 0 saturated heterocycles. The highest BCUT2D eigenvalue weighted by Crippen LogP contribution is 2.07. The average Bonchev–Trinajstić information content (AvgIpc) is 2.30. The smallest absolute Gasteiger partial charge is 0.224 e. The van der Waals surface area contributed by atoms with E-state index in [9.17, 15) is 4.79 Å².